The Hall–Kier alpha value is -1.80. The molecular formula is C16H20N2. The molecule has 0 aliphatic heterocycles. The van der Waals surface area contributed by atoms with Gasteiger partial charge in [-0.15, -0.1) is 0 Å². The van der Waals surface area contributed by atoms with Crippen LogP contribution in [0.1, 0.15) is 25.6 Å². The van der Waals surface area contributed by atoms with Crippen molar-refractivity contribution in [3.05, 3.63) is 66.2 Å². The third kappa shape index (κ3) is 3.60. The van der Waals surface area contributed by atoms with Crippen LogP contribution in [0.5, 0.6) is 0 Å². The Bertz CT molecular complexity index is 451. The molecule has 0 aliphatic carbocycles. The highest BCUT2D eigenvalue weighted by molar-refractivity contribution is 5.44. The first-order valence-corrected chi connectivity index (χ1v) is 6.38. The molecule has 2 nitrogen and oxygen atoms in total. The maximum atomic E-state index is 3.53. The first kappa shape index (κ1) is 12.7. The van der Waals surface area contributed by atoms with E-state index in [2.05, 4.69) is 60.9 Å². The van der Waals surface area contributed by atoms with Gasteiger partial charge < -0.3 is 5.32 Å². The van der Waals surface area contributed by atoms with Crippen molar-refractivity contribution in [2.75, 3.05) is 5.32 Å². The molecule has 2 rings (SSSR count). The number of benzene rings is 2. The van der Waals surface area contributed by atoms with Crippen molar-refractivity contribution in [3.63, 3.8) is 0 Å². The largest absolute Gasteiger partial charge is 0.366 e. The molecule has 1 unspecified atom stereocenters. The lowest BCUT2D eigenvalue weighted by Crippen LogP contribution is -2.33. The summed E-state index contributed by atoms with van der Waals surface area (Å²) in [6, 6.07) is 21.1. The maximum Gasteiger partial charge on any atom is 0.103 e. The number of rotatable bonds is 5. The first-order chi connectivity index (χ1) is 8.75. The van der Waals surface area contributed by atoms with Gasteiger partial charge in [-0.2, -0.15) is 0 Å². The molecule has 0 saturated carbocycles. The number of nitrogens with one attached hydrogen (secondary N) is 2. The molecule has 2 N–H and O–H groups in total. The molecule has 0 saturated heterocycles. The van der Waals surface area contributed by atoms with Crippen molar-refractivity contribution in [1.82, 2.24) is 5.32 Å². The highest BCUT2D eigenvalue weighted by atomic mass is 15.1. The zero-order valence-corrected chi connectivity index (χ0v) is 10.9. The minimum Gasteiger partial charge on any atom is -0.366 e. The molecule has 1 atom stereocenters. The Labute approximate surface area is 109 Å². The van der Waals surface area contributed by atoms with Crippen LogP contribution in [-0.4, -0.2) is 6.04 Å². The van der Waals surface area contributed by atoms with E-state index in [1.54, 1.807) is 0 Å². The van der Waals surface area contributed by atoms with Crippen LogP contribution < -0.4 is 10.6 Å². The second-order valence-corrected chi connectivity index (χ2v) is 4.68. The van der Waals surface area contributed by atoms with Crippen molar-refractivity contribution < 1.29 is 0 Å². The summed E-state index contributed by atoms with van der Waals surface area (Å²) in [6.07, 6.45) is 0.133. The predicted molar refractivity (Wildman–Crippen MR) is 77.5 cm³/mol. The Balaban J connectivity index is 2.16. The minimum absolute atomic E-state index is 0.133. The van der Waals surface area contributed by atoms with Crippen molar-refractivity contribution in [2.45, 2.75) is 26.1 Å². The van der Waals surface area contributed by atoms with Gasteiger partial charge in [-0.1, -0.05) is 48.5 Å². The van der Waals surface area contributed by atoms with Gasteiger partial charge in [0.05, 0.1) is 0 Å². The van der Waals surface area contributed by atoms with Crippen molar-refractivity contribution in [2.24, 2.45) is 0 Å². The van der Waals surface area contributed by atoms with Gasteiger partial charge in [0.1, 0.15) is 6.17 Å². The van der Waals surface area contributed by atoms with Crippen molar-refractivity contribution in [1.29, 1.82) is 0 Å². The normalized spacial score (nSPS) is 12.4. The molecule has 2 heteroatoms. The lowest BCUT2D eigenvalue weighted by atomic mass is 10.1. The van der Waals surface area contributed by atoms with E-state index in [0.717, 1.165) is 5.69 Å². The lowest BCUT2D eigenvalue weighted by Gasteiger charge is -2.24. The van der Waals surface area contributed by atoms with E-state index in [1.165, 1.54) is 5.56 Å². The second kappa shape index (κ2) is 6.22. The molecule has 0 aliphatic rings. The zero-order chi connectivity index (χ0) is 12.8. The topological polar surface area (TPSA) is 24.1 Å². The summed E-state index contributed by atoms with van der Waals surface area (Å²) in [5.74, 6) is 0. The third-order valence-corrected chi connectivity index (χ3v) is 2.72. The summed E-state index contributed by atoms with van der Waals surface area (Å²) >= 11 is 0. The van der Waals surface area contributed by atoms with Crippen LogP contribution in [-0.2, 0) is 0 Å². The van der Waals surface area contributed by atoms with E-state index in [-0.39, 0.29) is 6.17 Å². The third-order valence-electron chi connectivity index (χ3n) is 2.72. The SMILES string of the molecule is CC(C)NC(Nc1ccccc1)c1ccccc1. The Morgan fingerprint density at radius 2 is 1.33 bits per heavy atom. The number of hydrogen-bond acceptors (Lipinski definition) is 2. The molecule has 0 spiro atoms. The van der Waals surface area contributed by atoms with Crippen molar-refractivity contribution in [3.8, 4) is 0 Å². The molecule has 18 heavy (non-hydrogen) atoms. The molecule has 2 aromatic carbocycles. The van der Waals surface area contributed by atoms with Gasteiger partial charge in [-0.25, -0.2) is 0 Å². The predicted octanol–water partition coefficient (Wildman–Crippen LogP) is 3.80. The molecule has 94 valence electrons. The van der Waals surface area contributed by atoms with Gasteiger partial charge in [0, 0.05) is 11.7 Å². The van der Waals surface area contributed by atoms with E-state index in [9.17, 15) is 0 Å². The van der Waals surface area contributed by atoms with Gasteiger partial charge in [0.2, 0.25) is 0 Å². The average molecular weight is 240 g/mol. The van der Waals surface area contributed by atoms with Gasteiger partial charge >= 0.3 is 0 Å². The van der Waals surface area contributed by atoms with Gasteiger partial charge in [-0.3, -0.25) is 5.32 Å². The Kier molecular flexibility index (Phi) is 4.37. The number of hydrogen-bond donors (Lipinski definition) is 2. The van der Waals surface area contributed by atoms with Crippen LogP contribution in [0.25, 0.3) is 0 Å². The summed E-state index contributed by atoms with van der Waals surface area (Å²) in [5, 5.41) is 7.05. The molecule has 0 fully saturated rings. The molecule has 0 aromatic heterocycles. The van der Waals surface area contributed by atoms with Crippen molar-refractivity contribution >= 4 is 5.69 Å². The lowest BCUT2D eigenvalue weighted by molar-refractivity contribution is 0.515. The molecule has 0 bridgehead atoms. The summed E-state index contributed by atoms with van der Waals surface area (Å²) in [6.45, 7) is 4.31. The smallest absolute Gasteiger partial charge is 0.103 e. The highest BCUT2D eigenvalue weighted by Crippen LogP contribution is 2.17. The number of para-hydroxylation sites is 1. The fraction of sp³-hybridized carbons (Fsp3) is 0.250. The molecule has 0 radical (unpaired) electrons. The molecule has 0 amide bonds. The zero-order valence-electron chi connectivity index (χ0n) is 10.9. The fourth-order valence-corrected chi connectivity index (χ4v) is 1.90. The molecule has 0 heterocycles. The van der Waals surface area contributed by atoms with Crippen LogP contribution in [0.2, 0.25) is 0 Å². The van der Waals surface area contributed by atoms with Crippen LogP contribution in [0, 0.1) is 0 Å². The first-order valence-electron chi connectivity index (χ1n) is 6.38. The van der Waals surface area contributed by atoms with E-state index >= 15 is 0 Å². The van der Waals surface area contributed by atoms with Gasteiger partial charge in [-0.05, 0) is 31.5 Å². The van der Waals surface area contributed by atoms with Crippen LogP contribution >= 0.6 is 0 Å². The standard InChI is InChI=1S/C16H20N2/c1-13(2)17-16(14-9-5-3-6-10-14)18-15-11-7-4-8-12-15/h3-13,16-18H,1-2H3. The summed E-state index contributed by atoms with van der Waals surface area (Å²) in [5.41, 5.74) is 2.37. The quantitative estimate of drug-likeness (QED) is 0.777. The Morgan fingerprint density at radius 1 is 0.778 bits per heavy atom. The maximum absolute atomic E-state index is 3.53. The highest BCUT2D eigenvalue weighted by Gasteiger charge is 2.11. The molecular weight excluding hydrogens is 220 g/mol. The van der Waals surface area contributed by atoms with Gasteiger partial charge in [0.25, 0.3) is 0 Å². The summed E-state index contributed by atoms with van der Waals surface area (Å²) < 4.78 is 0. The monoisotopic (exact) mass is 240 g/mol. The van der Waals surface area contributed by atoms with E-state index in [1.807, 2.05) is 24.3 Å². The minimum atomic E-state index is 0.133. The van der Waals surface area contributed by atoms with Crippen LogP contribution in [0.15, 0.2) is 60.7 Å². The second-order valence-electron chi connectivity index (χ2n) is 4.68. The Morgan fingerprint density at radius 3 is 1.89 bits per heavy atom. The average Bonchev–Trinajstić information content (AvgIpc) is 2.40. The summed E-state index contributed by atoms with van der Waals surface area (Å²) in [4.78, 5) is 0. The van der Waals surface area contributed by atoms with Crippen LogP contribution in [0.3, 0.4) is 0 Å². The van der Waals surface area contributed by atoms with E-state index < -0.39 is 0 Å². The fourth-order valence-electron chi connectivity index (χ4n) is 1.90. The van der Waals surface area contributed by atoms with Gasteiger partial charge in [0.15, 0.2) is 0 Å². The van der Waals surface area contributed by atoms with E-state index in [0.29, 0.717) is 6.04 Å². The summed E-state index contributed by atoms with van der Waals surface area (Å²) in [7, 11) is 0. The van der Waals surface area contributed by atoms with E-state index in [4.69, 9.17) is 0 Å². The number of anilines is 1. The molecule has 2 aromatic rings. The van der Waals surface area contributed by atoms with Crippen LogP contribution in [0.4, 0.5) is 5.69 Å².